The monoisotopic (exact) mass is 345 g/mol. The maximum Gasteiger partial charge on any atom is 0.315 e. The number of urea groups is 1. The summed E-state index contributed by atoms with van der Waals surface area (Å²) in [4.78, 5) is 26.9. The molecule has 25 heavy (non-hydrogen) atoms. The number of piperidine rings is 1. The smallest absolute Gasteiger partial charge is 0.315 e. The van der Waals surface area contributed by atoms with Crippen molar-refractivity contribution >= 4 is 11.9 Å². The first-order chi connectivity index (χ1) is 11.9. The zero-order valence-electron chi connectivity index (χ0n) is 15.8. The van der Waals surface area contributed by atoms with Crippen LogP contribution >= 0.6 is 0 Å². The zero-order valence-corrected chi connectivity index (χ0v) is 15.8. The SMILES string of the molecule is CC(NC(=O)NC(c1ccccc1)C(C)C)C(=O)N1CCCCC1C. The summed E-state index contributed by atoms with van der Waals surface area (Å²) in [5, 5.41) is 5.82. The van der Waals surface area contributed by atoms with Crippen LogP contribution in [0.1, 0.15) is 58.6 Å². The van der Waals surface area contributed by atoms with Gasteiger partial charge >= 0.3 is 6.03 Å². The lowest BCUT2D eigenvalue weighted by Gasteiger charge is -2.35. The van der Waals surface area contributed by atoms with E-state index >= 15 is 0 Å². The van der Waals surface area contributed by atoms with Gasteiger partial charge in [-0.3, -0.25) is 4.79 Å². The Morgan fingerprint density at radius 1 is 1.08 bits per heavy atom. The van der Waals surface area contributed by atoms with Gasteiger partial charge in [-0.2, -0.15) is 0 Å². The van der Waals surface area contributed by atoms with Crippen LogP contribution in [0.3, 0.4) is 0 Å². The number of nitrogens with one attached hydrogen (secondary N) is 2. The van der Waals surface area contributed by atoms with Crippen LogP contribution in [0.4, 0.5) is 4.79 Å². The quantitative estimate of drug-likeness (QED) is 0.858. The molecule has 3 atom stereocenters. The van der Waals surface area contributed by atoms with E-state index in [2.05, 4.69) is 31.4 Å². The molecule has 5 heteroatoms. The molecule has 1 heterocycles. The van der Waals surface area contributed by atoms with Gasteiger partial charge in [0.15, 0.2) is 0 Å². The molecule has 1 aliphatic heterocycles. The topological polar surface area (TPSA) is 61.4 Å². The second kappa shape index (κ2) is 8.88. The summed E-state index contributed by atoms with van der Waals surface area (Å²) >= 11 is 0. The van der Waals surface area contributed by atoms with Gasteiger partial charge in [0, 0.05) is 12.6 Å². The van der Waals surface area contributed by atoms with E-state index in [0.717, 1.165) is 24.9 Å². The van der Waals surface area contributed by atoms with E-state index < -0.39 is 6.04 Å². The molecule has 3 unspecified atom stereocenters. The van der Waals surface area contributed by atoms with Gasteiger partial charge < -0.3 is 15.5 Å². The van der Waals surface area contributed by atoms with Crippen molar-refractivity contribution in [2.45, 2.75) is 65.1 Å². The predicted molar refractivity (Wildman–Crippen MR) is 100 cm³/mol. The minimum absolute atomic E-state index is 0.00292. The minimum atomic E-state index is -0.524. The molecule has 0 aliphatic carbocycles. The molecule has 3 amide bonds. The molecule has 1 fully saturated rings. The van der Waals surface area contributed by atoms with Crippen molar-refractivity contribution in [2.75, 3.05) is 6.54 Å². The molecule has 0 aromatic heterocycles. The maximum atomic E-state index is 12.6. The fourth-order valence-corrected chi connectivity index (χ4v) is 3.41. The van der Waals surface area contributed by atoms with Crippen molar-refractivity contribution in [2.24, 2.45) is 5.92 Å². The zero-order chi connectivity index (χ0) is 18.4. The number of likely N-dealkylation sites (tertiary alicyclic amines) is 1. The Hall–Kier alpha value is -2.04. The molecule has 0 bridgehead atoms. The summed E-state index contributed by atoms with van der Waals surface area (Å²) in [6, 6.07) is 9.25. The molecule has 1 saturated heterocycles. The highest BCUT2D eigenvalue weighted by Gasteiger charge is 2.28. The van der Waals surface area contributed by atoms with Gasteiger partial charge in [-0.05, 0) is 44.6 Å². The van der Waals surface area contributed by atoms with E-state index in [0.29, 0.717) is 0 Å². The van der Waals surface area contributed by atoms with Gasteiger partial charge in [0.1, 0.15) is 6.04 Å². The first-order valence-corrected chi connectivity index (χ1v) is 9.32. The van der Waals surface area contributed by atoms with E-state index in [9.17, 15) is 9.59 Å². The number of hydrogen-bond acceptors (Lipinski definition) is 2. The fraction of sp³-hybridized carbons (Fsp3) is 0.600. The van der Waals surface area contributed by atoms with Crippen LogP contribution < -0.4 is 10.6 Å². The largest absolute Gasteiger partial charge is 0.338 e. The summed E-state index contributed by atoms with van der Waals surface area (Å²) in [5.41, 5.74) is 1.07. The molecule has 5 nitrogen and oxygen atoms in total. The Balaban J connectivity index is 1.94. The van der Waals surface area contributed by atoms with Gasteiger partial charge in [-0.25, -0.2) is 4.79 Å². The van der Waals surface area contributed by atoms with E-state index in [1.165, 1.54) is 6.42 Å². The summed E-state index contributed by atoms with van der Waals surface area (Å²) in [5.74, 6) is 0.254. The van der Waals surface area contributed by atoms with Crippen molar-refractivity contribution in [3.63, 3.8) is 0 Å². The molecular formula is C20H31N3O2. The van der Waals surface area contributed by atoms with E-state index in [1.54, 1.807) is 6.92 Å². The Kier molecular flexibility index (Phi) is 6.85. The summed E-state index contributed by atoms with van der Waals surface area (Å²) in [6.07, 6.45) is 3.24. The van der Waals surface area contributed by atoms with Crippen molar-refractivity contribution in [1.29, 1.82) is 0 Å². The van der Waals surface area contributed by atoms with Crippen molar-refractivity contribution in [1.82, 2.24) is 15.5 Å². The van der Waals surface area contributed by atoms with Crippen LogP contribution in [-0.4, -0.2) is 35.5 Å². The number of rotatable bonds is 5. The van der Waals surface area contributed by atoms with Crippen LogP contribution in [0.2, 0.25) is 0 Å². The Bertz CT molecular complexity index is 574. The Morgan fingerprint density at radius 2 is 1.76 bits per heavy atom. The van der Waals surface area contributed by atoms with Gasteiger partial charge in [0.2, 0.25) is 5.91 Å². The standard InChI is InChI=1S/C20H31N3O2/c1-14(2)18(17-11-6-5-7-12-17)22-20(25)21-16(4)19(24)23-13-9-8-10-15(23)3/h5-7,11-12,14-16,18H,8-10,13H2,1-4H3,(H2,21,22,25). The Labute approximate surface area is 151 Å². The summed E-state index contributed by atoms with van der Waals surface area (Å²) in [6.45, 7) is 8.76. The van der Waals surface area contributed by atoms with Crippen molar-refractivity contribution < 1.29 is 9.59 Å². The molecular weight excluding hydrogens is 314 g/mol. The highest BCUT2D eigenvalue weighted by molar-refractivity contribution is 5.87. The van der Waals surface area contributed by atoms with Crippen LogP contribution in [0.5, 0.6) is 0 Å². The average Bonchev–Trinajstić information content (AvgIpc) is 2.60. The number of benzene rings is 1. The second-order valence-electron chi connectivity index (χ2n) is 7.35. The van der Waals surface area contributed by atoms with Gasteiger partial charge in [0.05, 0.1) is 6.04 Å². The predicted octanol–water partition coefficient (Wildman–Crippen LogP) is 3.47. The van der Waals surface area contributed by atoms with Gasteiger partial charge in [-0.1, -0.05) is 44.2 Å². The normalized spacial score (nSPS) is 20.0. The number of amides is 3. The third-order valence-electron chi connectivity index (χ3n) is 4.92. The molecule has 0 saturated carbocycles. The molecule has 0 radical (unpaired) electrons. The summed E-state index contributed by atoms with van der Waals surface area (Å²) < 4.78 is 0. The molecule has 2 N–H and O–H groups in total. The van der Waals surface area contributed by atoms with Crippen LogP contribution in [0, 0.1) is 5.92 Å². The number of nitrogens with zero attached hydrogens (tertiary/aromatic N) is 1. The maximum absolute atomic E-state index is 12.6. The molecule has 1 aromatic rings. The molecule has 2 rings (SSSR count). The highest BCUT2D eigenvalue weighted by atomic mass is 16.2. The Morgan fingerprint density at radius 3 is 2.36 bits per heavy atom. The lowest BCUT2D eigenvalue weighted by Crippen LogP contribution is -2.53. The van der Waals surface area contributed by atoms with Gasteiger partial charge in [-0.15, -0.1) is 0 Å². The lowest BCUT2D eigenvalue weighted by atomic mass is 9.96. The third kappa shape index (κ3) is 5.21. The van der Waals surface area contributed by atoms with E-state index in [1.807, 2.05) is 35.2 Å². The minimum Gasteiger partial charge on any atom is -0.338 e. The van der Waals surface area contributed by atoms with Gasteiger partial charge in [0.25, 0.3) is 0 Å². The fourth-order valence-electron chi connectivity index (χ4n) is 3.41. The first-order valence-electron chi connectivity index (χ1n) is 9.32. The summed E-state index contributed by atoms with van der Waals surface area (Å²) in [7, 11) is 0. The van der Waals surface area contributed by atoms with Crippen molar-refractivity contribution in [3.05, 3.63) is 35.9 Å². The molecule has 1 aliphatic rings. The first kappa shape index (κ1) is 19.3. The van der Waals surface area contributed by atoms with Crippen LogP contribution in [0.25, 0.3) is 0 Å². The average molecular weight is 345 g/mol. The van der Waals surface area contributed by atoms with Crippen LogP contribution in [0.15, 0.2) is 30.3 Å². The molecule has 1 aromatic carbocycles. The number of hydrogen-bond donors (Lipinski definition) is 2. The highest BCUT2D eigenvalue weighted by Crippen LogP contribution is 2.21. The number of carbonyl (C=O) groups is 2. The van der Waals surface area contributed by atoms with E-state index in [-0.39, 0.29) is 29.9 Å². The van der Waals surface area contributed by atoms with E-state index in [4.69, 9.17) is 0 Å². The van der Waals surface area contributed by atoms with Crippen molar-refractivity contribution in [3.8, 4) is 0 Å². The lowest BCUT2D eigenvalue weighted by molar-refractivity contribution is -0.136. The number of carbonyl (C=O) groups excluding carboxylic acids is 2. The van der Waals surface area contributed by atoms with Crippen LogP contribution in [-0.2, 0) is 4.79 Å². The molecule has 0 spiro atoms. The second-order valence-corrected chi connectivity index (χ2v) is 7.35. The third-order valence-corrected chi connectivity index (χ3v) is 4.92. The molecule has 138 valence electrons.